The van der Waals surface area contributed by atoms with Crippen LogP contribution in [0.2, 0.25) is 0 Å². The van der Waals surface area contributed by atoms with Gasteiger partial charge in [-0.1, -0.05) is 24.2 Å². The number of oxime groups is 1. The molecule has 1 rings (SSSR count). The van der Waals surface area contributed by atoms with Crippen molar-refractivity contribution in [1.82, 2.24) is 0 Å². The number of carbonyl (C=O) groups excluding carboxylic acids is 1. The summed E-state index contributed by atoms with van der Waals surface area (Å²) in [7, 11) is 0. The first-order valence-electron chi connectivity index (χ1n) is 4.68. The molecule has 4 nitrogen and oxygen atoms in total. The van der Waals surface area contributed by atoms with E-state index in [2.05, 4.69) is 9.99 Å². The van der Waals surface area contributed by atoms with Gasteiger partial charge in [0, 0.05) is 12.5 Å². The number of nitrogens with zero attached hydrogens (tertiary/aromatic N) is 1. The fraction of sp³-hybridized carbons (Fsp3) is 0.273. The predicted octanol–water partition coefficient (Wildman–Crippen LogP) is 2.07. The highest BCUT2D eigenvalue weighted by Crippen LogP contribution is 2.18. The predicted molar refractivity (Wildman–Crippen MR) is 56.7 cm³/mol. The quantitative estimate of drug-likeness (QED) is 0.469. The van der Waals surface area contributed by atoms with E-state index in [9.17, 15) is 9.90 Å². The Morgan fingerprint density at radius 3 is 2.67 bits per heavy atom. The summed E-state index contributed by atoms with van der Waals surface area (Å²) in [6.07, 6.45) is 0.574. The number of phenolic OH excluding ortho intramolecular Hbond substituents is 1. The molecule has 0 aromatic heterocycles. The summed E-state index contributed by atoms with van der Waals surface area (Å²) in [5.74, 6) is -0.346. The van der Waals surface area contributed by atoms with Gasteiger partial charge >= 0.3 is 5.97 Å². The Labute approximate surface area is 88.2 Å². The van der Waals surface area contributed by atoms with Crippen molar-refractivity contribution in [2.75, 3.05) is 0 Å². The van der Waals surface area contributed by atoms with Crippen molar-refractivity contribution >= 4 is 11.7 Å². The highest BCUT2D eigenvalue weighted by atomic mass is 16.7. The number of rotatable bonds is 3. The molecule has 0 unspecified atom stereocenters. The van der Waals surface area contributed by atoms with E-state index >= 15 is 0 Å². The van der Waals surface area contributed by atoms with Crippen LogP contribution in [0.4, 0.5) is 0 Å². The average molecular weight is 207 g/mol. The number of aromatic hydroxyl groups is 1. The number of para-hydroxylation sites is 1. The zero-order valence-corrected chi connectivity index (χ0v) is 8.73. The van der Waals surface area contributed by atoms with Crippen LogP contribution in [0, 0.1) is 0 Å². The zero-order valence-electron chi connectivity index (χ0n) is 8.73. The third-order valence-electron chi connectivity index (χ3n) is 1.83. The van der Waals surface area contributed by atoms with Crippen LogP contribution in [0.5, 0.6) is 5.75 Å². The molecule has 0 fully saturated rings. The van der Waals surface area contributed by atoms with Crippen molar-refractivity contribution in [3.05, 3.63) is 29.8 Å². The van der Waals surface area contributed by atoms with E-state index in [4.69, 9.17) is 0 Å². The lowest BCUT2D eigenvalue weighted by molar-refractivity contribution is -0.140. The van der Waals surface area contributed by atoms with E-state index in [1.807, 2.05) is 6.92 Å². The first-order valence-corrected chi connectivity index (χ1v) is 4.68. The van der Waals surface area contributed by atoms with Gasteiger partial charge in [0.1, 0.15) is 5.75 Å². The Bertz CT molecular complexity index is 385. The summed E-state index contributed by atoms with van der Waals surface area (Å²) in [6, 6.07) is 6.79. The monoisotopic (exact) mass is 207 g/mol. The molecule has 4 heteroatoms. The molecule has 1 aromatic rings. The standard InChI is InChI=1S/C11H13NO3/c1-3-10(12-15-8(2)13)9-6-4-5-7-11(9)14/h4-7,14H,3H2,1-2H3. The topological polar surface area (TPSA) is 58.9 Å². The number of hydrogen-bond acceptors (Lipinski definition) is 4. The molecular formula is C11H13NO3. The van der Waals surface area contributed by atoms with Crippen molar-refractivity contribution < 1.29 is 14.7 Å². The van der Waals surface area contributed by atoms with Gasteiger partial charge in [-0.3, -0.25) is 0 Å². The lowest BCUT2D eigenvalue weighted by Gasteiger charge is -2.04. The highest BCUT2D eigenvalue weighted by Gasteiger charge is 2.07. The summed E-state index contributed by atoms with van der Waals surface area (Å²) in [5.41, 5.74) is 1.13. The smallest absolute Gasteiger partial charge is 0.331 e. The molecule has 0 saturated heterocycles. The summed E-state index contributed by atoms with van der Waals surface area (Å²) in [6.45, 7) is 3.15. The zero-order chi connectivity index (χ0) is 11.3. The van der Waals surface area contributed by atoms with Crippen LogP contribution in [0.1, 0.15) is 25.8 Å². The Morgan fingerprint density at radius 1 is 1.47 bits per heavy atom. The average Bonchev–Trinajstić information content (AvgIpc) is 2.21. The van der Waals surface area contributed by atoms with Gasteiger partial charge in [-0.15, -0.1) is 0 Å². The largest absolute Gasteiger partial charge is 0.507 e. The SMILES string of the molecule is CCC(=NOC(C)=O)c1ccccc1O. The molecular weight excluding hydrogens is 194 g/mol. The van der Waals surface area contributed by atoms with Crippen molar-refractivity contribution in [2.24, 2.45) is 5.16 Å². The Morgan fingerprint density at radius 2 is 2.13 bits per heavy atom. The van der Waals surface area contributed by atoms with Crippen LogP contribution in [0.15, 0.2) is 29.4 Å². The van der Waals surface area contributed by atoms with Gasteiger partial charge in [0.15, 0.2) is 0 Å². The fourth-order valence-electron chi connectivity index (χ4n) is 1.14. The molecule has 0 spiro atoms. The minimum atomic E-state index is -0.476. The molecule has 0 atom stereocenters. The number of phenols is 1. The van der Waals surface area contributed by atoms with Crippen LogP contribution in [0.25, 0.3) is 0 Å². The van der Waals surface area contributed by atoms with E-state index < -0.39 is 5.97 Å². The summed E-state index contributed by atoms with van der Waals surface area (Å²) in [5, 5.41) is 13.2. The molecule has 1 N–H and O–H groups in total. The lowest BCUT2D eigenvalue weighted by atomic mass is 10.1. The summed E-state index contributed by atoms with van der Waals surface area (Å²) >= 11 is 0. The third kappa shape index (κ3) is 3.09. The van der Waals surface area contributed by atoms with Crippen molar-refractivity contribution in [1.29, 1.82) is 0 Å². The van der Waals surface area contributed by atoms with Gasteiger partial charge in [0.25, 0.3) is 0 Å². The van der Waals surface area contributed by atoms with Crippen molar-refractivity contribution in [3.63, 3.8) is 0 Å². The van der Waals surface area contributed by atoms with Crippen LogP contribution in [-0.4, -0.2) is 16.8 Å². The van der Waals surface area contributed by atoms with Crippen LogP contribution >= 0.6 is 0 Å². The molecule has 0 saturated carbocycles. The third-order valence-corrected chi connectivity index (χ3v) is 1.83. The van der Waals surface area contributed by atoms with Crippen molar-refractivity contribution in [3.8, 4) is 5.75 Å². The van der Waals surface area contributed by atoms with Crippen molar-refractivity contribution in [2.45, 2.75) is 20.3 Å². The van der Waals surface area contributed by atoms with Gasteiger partial charge < -0.3 is 9.94 Å². The van der Waals surface area contributed by atoms with Gasteiger partial charge in [0.05, 0.1) is 5.71 Å². The van der Waals surface area contributed by atoms with Gasteiger partial charge in [-0.25, -0.2) is 4.79 Å². The minimum absolute atomic E-state index is 0.130. The molecule has 1 aromatic carbocycles. The molecule has 0 aliphatic carbocycles. The number of benzene rings is 1. The Kier molecular flexibility index (Phi) is 3.85. The Hall–Kier alpha value is -1.84. The van der Waals surface area contributed by atoms with E-state index in [-0.39, 0.29) is 5.75 Å². The second-order valence-electron chi connectivity index (χ2n) is 2.99. The fourth-order valence-corrected chi connectivity index (χ4v) is 1.14. The van der Waals surface area contributed by atoms with Crippen LogP contribution in [0.3, 0.4) is 0 Å². The molecule has 0 heterocycles. The van der Waals surface area contributed by atoms with Gasteiger partial charge in [-0.05, 0) is 18.6 Å². The summed E-state index contributed by atoms with van der Waals surface area (Å²) < 4.78 is 0. The molecule has 0 aliphatic rings. The second kappa shape index (κ2) is 5.14. The van der Waals surface area contributed by atoms with Crippen LogP contribution < -0.4 is 0 Å². The maximum atomic E-state index is 10.6. The number of hydrogen-bond donors (Lipinski definition) is 1. The Balaban J connectivity index is 2.97. The van der Waals surface area contributed by atoms with E-state index in [1.54, 1.807) is 24.3 Å². The second-order valence-corrected chi connectivity index (χ2v) is 2.99. The number of carbonyl (C=O) groups is 1. The normalized spacial score (nSPS) is 11.2. The van der Waals surface area contributed by atoms with E-state index in [0.717, 1.165) is 0 Å². The molecule has 15 heavy (non-hydrogen) atoms. The molecule has 0 amide bonds. The minimum Gasteiger partial charge on any atom is -0.507 e. The van der Waals surface area contributed by atoms with E-state index in [1.165, 1.54) is 6.92 Å². The maximum Gasteiger partial charge on any atom is 0.331 e. The molecule has 0 bridgehead atoms. The molecule has 80 valence electrons. The van der Waals surface area contributed by atoms with Gasteiger partial charge in [0.2, 0.25) is 0 Å². The first-order chi connectivity index (χ1) is 7.15. The summed E-state index contributed by atoms with van der Waals surface area (Å²) in [4.78, 5) is 15.1. The molecule has 0 radical (unpaired) electrons. The van der Waals surface area contributed by atoms with Gasteiger partial charge in [-0.2, -0.15) is 0 Å². The molecule has 0 aliphatic heterocycles. The highest BCUT2D eigenvalue weighted by molar-refractivity contribution is 6.02. The maximum absolute atomic E-state index is 10.6. The van der Waals surface area contributed by atoms with E-state index in [0.29, 0.717) is 17.7 Å². The lowest BCUT2D eigenvalue weighted by Crippen LogP contribution is -2.02. The van der Waals surface area contributed by atoms with Crippen LogP contribution in [-0.2, 0) is 9.63 Å². The first kappa shape index (κ1) is 11.2.